The molecule has 2 aromatic carbocycles. The molecule has 1 aliphatic heterocycles. The number of hydrogen-bond donors (Lipinski definition) is 0. The van der Waals surface area contributed by atoms with E-state index in [0.29, 0.717) is 43.6 Å². The summed E-state index contributed by atoms with van der Waals surface area (Å²) in [7, 11) is 0. The fourth-order valence-electron chi connectivity index (χ4n) is 3.41. The highest BCUT2D eigenvalue weighted by Crippen LogP contribution is 2.18. The van der Waals surface area contributed by atoms with E-state index in [1.165, 1.54) is 24.3 Å². The summed E-state index contributed by atoms with van der Waals surface area (Å²) in [6.07, 6.45) is 2.21. The molecule has 8 heteroatoms. The second kappa shape index (κ2) is 10.2. The highest BCUT2D eigenvalue weighted by molar-refractivity contribution is 5.77. The predicted molar refractivity (Wildman–Crippen MR) is 111 cm³/mol. The van der Waals surface area contributed by atoms with Gasteiger partial charge in [-0.25, -0.2) is 4.39 Å². The van der Waals surface area contributed by atoms with Crippen molar-refractivity contribution in [3.05, 3.63) is 66.2 Å². The summed E-state index contributed by atoms with van der Waals surface area (Å²) < 4.78 is 29.6. The number of aromatic nitrogens is 2. The van der Waals surface area contributed by atoms with Gasteiger partial charge in [-0.05, 0) is 49.2 Å². The number of halogens is 1. The van der Waals surface area contributed by atoms with Gasteiger partial charge in [0.1, 0.15) is 11.6 Å². The summed E-state index contributed by atoms with van der Waals surface area (Å²) in [6, 6.07) is 15.3. The van der Waals surface area contributed by atoms with Crippen molar-refractivity contribution in [1.29, 1.82) is 0 Å². The van der Waals surface area contributed by atoms with Crippen molar-refractivity contribution in [3.8, 4) is 17.2 Å². The van der Waals surface area contributed by atoms with Crippen LogP contribution in [0.1, 0.15) is 18.7 Å². The molecule has 3 aromatic rings. The van der Waals surface area contributed by atoms with Gasteiger partial charge in [0, 0.05) is 25.1 Å². The summed E-state index contributed by atoms with van der Waals surface area (Å²) in [5, 5.41) is 4.01. The van der Waals surface area contributed by atoms with Crippen LogP contribution < -0.4 is 4.74 Å². The van der Waals surface area contributed by atoms with E-state index in [2.05, 4.69) is 10.1 Å². The number of hydrogen-bond acceptors (Lipinski definition) is 6. The fraction of sp³-hybridized carbons (Fsp3) is 0.348. The molecule has 0 atom stereocenters. The second-order valence-electron chi connectivity index (χ2n) is 7.33. The van der Waals surface area contributed by atoms with Gasteiger partial charge in [-0.15, -0.1) is 0 Å². The standard InChI is InChI=1S/C23H24FN3O4/c24-18-6-8-19(9-7-18)30-16-22(28)27-13-10-20(11-14-27)29-15-12-21-25-23(31-26-21)17-4-2-1-3-5-17/h1-9,20H,10-16H2. The highest BCUT2D eigenvalue weighted by atomic mass is 19.1. The van der Waals surface area contributed by atoms with Crippen LogP contribution in [0.2, 0.25) is 0 Å². The normalized spacial score (nSPS) is 14.5. The largest absolute Gasteiger partial charge is 0.484 e. The van der Waals surface area contributed by atoms with Crippen molar-refractivity contribution in [2.45, 2.75) is 25.4 Å². The van der Waals surface area contributed by atoms with Crippen molar-refractivity contribution in [2.24, 2.45) is 0 Å². The molecule has 1 fully saturated rings. The van der Waals surface area contributed by atoms with Crippen LogP contribution in [0.5, 0.6) is 5.75 Å². The monoisotopic (exact) mass is 425 g/mol. The first-order chi connectivity index (χ1) is 15.2. The number of likely N-dealkylation sites (tertiary alicyclic amines) is 1. The van der Waals surface area contributed by atoms with E-state index in [-0.39, 0.29) is 24.4 Å². The van der Waals surface area contributed by atoms with Crippen LogP contribution in [0.25, 0.3) is 11.5 Å². The third kappa shape index (κ3) is 5.88. The minimum atomic E-state index is -0.336. The van der Waals surface area contributed by atoms with Crippen LogP contribution in [0.15, 0.2) is 59.1 Å². The van der Waals surface area contributed by atoms with Gasteiger partial charge >= 0.3 is 0 Å². The van der Waals surface area contributed by atoms with Gasteiger partial charge in [0.15, 0.2) is 12.4 Å². The average molecular weight is 425 g/mol. The second-order valence-corrected chi connectivity index (χ2v) is 7.33. The smallest absolute Gasteiger partial charge is 0.260 e. The lowest BCUT2D eigenvalue weighted by Gasteiger charge is -2.31. The number of carbonyl (C=O) groups excluding carboxylic acids is 1. The maximum Gasteiger partial charge on any atom is 0.260 e. The van der Waals surface area contributed by atoms with Gasteiger partial charge in [-0.2, -0.15) is 4.98 Å². The third-order valence-corrected chi connectivity index (χ3v) is 5.14. The molecule has 0 saturated carbocycles. The van der Waals surface area contributed by atoms with Gasteiger partial charge in [0.25, 0.3) is 11.8 Å². The minimum Gasteiger partial charge on any atom is -0.484 e. The van der Waals surface area contributed by atoms with Crippen LogP contribution in [-0.2, 0) is 16.0 Å². The minimum absolute atomic E-state index is 0.0568. The van der Waals surface area contributed by atoms with E-state index >= 15 is 0 Å². The van der Waals surface area contributed by atoms with E-state index in [9.17, 15) is 9.18 Å². The van der Waals surface area contributed by atoms with Gasteiger partial charge in [-0.3, -0.25) is 4.79 Å². The number of benzene rings is 2. The zero-order valence-corrected chi connectivity index (χ0v) is 17.1. The predicted octanol–water partition coefficient (Wildman–Crippen LogP) is 3.50. The van der Waals surface area contributed by atoms with Crippen LogP contribution in [0.4, 0.5) is 4.39 Å². The molecule has 1 amide bonds. The molecule has 0 radical (unpaired) electrons. The Balaban J connectivity index is 1.15. The summed E-state index contributed by atoms with van der Waals surface area (Å²) in [6.45, 7) is 1.69. The van der Waals surface area contributed by atoms with Gasteiger partial charge < -0.3 is 18.9 Å². The van der Waals surface area contributed by atoms with Crippen molar-refractivity contribution < 1.29 is 23.2 Å². The molecule has 0 spiro atoms. The Kier molecular flexibility index (Phi) is 6.89. The maximum absolute atomic E-state index is 12.9. The van der Waals surface area contributed by atoms with Crippen LogP contribution in [-0.4, -0.2) is 53.4 Å². The zero-order chi connectivity index (χ0) is 21.5. The van der Waals surface area contributed by atoms with E-state index in [1.807, 2.05) is 30.3 Å². The quantitative estimate of drug-likeness (QED) is 0.550. The van der Waals surface area contributed by atoms with E-state index in [4.69, 9.17) is 14.0 Å². The molecule has 0 bridgehead atoms. The Morgan fingerprint density at radius 3 is 2.58 bits per heavy atom. The lowest BCUT2D eigenvalue weighted by atomic mass is 10.1. The Hall–Kier alpha value is -3.26. The van der Waals surface area contributed by atoms with E-state index in [0.717, 1.165) is 18.4 Å². The molecule has 0 N–H and O–H groups in total. The van der Waals surface area contributed by atoms with Crippen molar-refractivity contribution >= 4 is 5.91 Å². The van der Waals surface area contributed by atoms with Crippen LogP contribution in [0.3, 0.4) is 0 Å². The van der Waals surface area contributed by atoms with Crippen molar-refractivity contribution in [2.75, 3.05) is 26.3 Å². The van der Waals surface area contributed by atoms with Crippen LogP contribution >= 0.6 is 0 Å². The van der Waals surface area contributed by atoms with Crippen molar-refractivity contribution in [1.82, 2.24) is 15.0 Å². The molecule has 162 valence electrons. The topological polar surface area (TPSA) is 77.7 Å². The third-order valence-electron chi connectivity index (χ3n) is 5.14. The number of amides is 1. The summed E-state index contributed by atoms with van der Waals surface area (Å²) in [4.78, 5) is 18.5. The molecule has 4 rings (SSSR count). The number of piperidine rings is 1. The molecule has 31 heavy (non-hydrogen) atoms. The summed E-state index contributed by atoms with van der Waals surface area (Å²) in [5.74, 6) is 1.18. The first-order valence-electron chi connectivity index (χ1n) is 10.3. The molecule has 1 saturated heterocycles. The Morgan fingerprint density at radius 1 is 1.10 bits per heavy atom. The van der Waals surface area contributed by atoms with Crippen LogP contribution in [0, 0.1) is 5.82 Å². The molecular formula is C23H24FN3O4. The Bertz CT molecular complexity index is 970. The molecule has 2 heterocycles. The van der Waals surface area contributed by atoms with Gasteiger partial charge in [0.05, 0.1) is 12.7 Å². The van der Waals surface area contributed by atoms with E-state index < -0.39 is 0 Å². The van der Waals surface area contributed by atoms with Gasteiger partial charge in [0.2, 0.25) is 0 Å². The van der Waals surface area contributed by atoms with Gasteiger partial charge in [-0.1, -0.05) is 23.4 Å². The average Bonchev–Trinajstić information content (AvgIpc) is 3.28. The first-order valence-corrected chi connectivity index (χ1v) is 10.3. The summed E-state index contributed by atoms with van der Waals surface area (Å²) in [5.41, 5.74) is 0.891. The summed E-state index contributed by atoms with van der Waals surface area (Å²) >= 11 is 0. The molecule has 1 aromatic heterocycles. The van der Waals surface area contributed by atoms with E-state index in [1.54, 1.807) is 4.90 Å². The SMILES string of the molecule is O=C(COc1ccc(F)cc1)N1CCC(OCCc2noc(-c3ccccc3)n2)CC1. The molecule has 0 aliphatic carbocycles. The molecular weight excluding hydrogens is 401 g/mol. The molecule has 0 unspecified atom stereocenters. The Morgan fingerprint density at radius 2 is 1.84 bits per heavy atom. The highest BCUT2D eigenvalue weighted by Gasteiger charge is 2.23. The molecule has 1 aliphatic rings. The number of rotatable bonds is 8. The Labute approximate surface area is 179 Å². The fourth-order valence-corrected chi connectivity index (χ4v) is 3.41. The maximum atomic E-state index is 12.9. The number of carbonyl (C=O) groups is 1. The lowest BCUT2D eigenvalue weighted by molar-refractivity contribution is -0.136. The lowest BCUT2D eigenvalue weighted by Crippen LogP contribution is -2.43. The number of ether oxygens (including phenoxy) is 2. The van der Waals surface area contributed by atoms with Crippen molar-refractivity contribution in [3.63, 3.8) is 0 Å². The number of nitrogens with zero attached hydrogens (tertiary/aromatic N) is 3. The molecule has 7 nitrogen and oxygen atoms in total. The first kappa shape index (κ1) is 21.0. The zero-order valence-electron chi connectivity index (χ0n) is 17.1.